The van der Waals surface area contributed by atoms with E-state index >= 15 is 0 Å². The Balaban J connectivity index is 2.53. The maximum atomic E-state index is 11.8. The Bertz CT molecular complexity index is 429. The zero-order chi connectivity index (χ0) is 13.9. The third-order valence-electron chi connectivity index (χ3n) is 2.65. The average Bonchev–Trinajstić information content (AvgIpc) is 2.26. The zero-order valence-corrected chi connectivity index (χ0v) is 10.6. The van der Waals surface area contributed by atoms with Gasteiger partial charge in [0.2, 0.25) is 11.8 Å². The minimum Gasteiger partial charge on any atom is -0.370 e. The molecule has 1 aliphatic heterocycles. The molecule has 0 spiro atoms. The zero-order valence-electron chi connectivity index (χ0n) is 9.78. The van der Waals surface area contributed by atoms with Gasteiger partial charge in [-0.1, -0.05) is 0 Å². The van der Waals surface area contributed by atoms with Crippen LogP contribution in [0.15, 0.2) is 0 Å². The molecule has 9 nitrogen and oxygen atoms in total. The topological polar surface area (TPSA) is 153 Å². The van der Waals surface area contributed by atoms with Gasteiger partial charge in [-0.2, -0.15) is 12.7 Å². The van der Waals surface area contributed by atoms with Gasteiger partial charge in [0.1, 0.15) is 0 Å². The normalized spacial score (nSPS) is 19.6. The molecule has 1 saturated heterocycles. The summed E-state index contributed by atoms with van der Waals surface area (Å²) in [7, 11) is -3.72. The molecule has 0 aromatic carbocycles. The number of hydrogen-bond donors (Lipinski definition) is 3. The lowest BCUT2D eigenvalue weighted by molar-refractivity contribution is -0.135. The van der Waals surface area contributed by atoms with Crippen LogP contribution in [0, 0.1) is 0 Å². The maximum absolute atomic E-state index is 11.8. The highest BCUT2D eigenvalue weighted by molar-refractivity contribution is 7.86. The van der Waals surface area contributed by atoms with Crippen molar-refractivity contribution in [2.75, 3.05) is 26.2 Å². The summed E-state index contributed by atoms with van der Waals surface area (Å²) in [5.41, 5.74) is 10.5. The fourth-order valence-electron chi connectivity index (χ4n) is 1.70. The smallest absolute Gasteiger partial charge is 0.277 e. The van der Waals surface area contributed by atoms with E-state index in [-0.39, 0.29) is 32.6 Å². The van der Waals surface area contributed by atoms with Crippen molar-refractivity contribution in [1.82, 2.24) is 9.21 Å². The van der Waals surface area contributed by atoms with Gasteiger partial charge in [-0.05, 0) is 0 Å². The largest absolute Gasteiger partial charge is 0.370 e. The molecule has 0 aromatic rings. The van der Waals surface area contributed by atoms with Crippen molar-refractivity contribution in [2.45, 2.75) is 12.5 Å². The van der Waals surface area contributed by atoms with E-state index in [9.17, 15) is 18.0 Å². The van der Waals surface area contributed by atoms with Gasteiger partial charge >= 0.3 is 0 Å². The molecular weight excluding hydrogens is 262 g/mol. The molecule has 0 aromatic heterocycles. The summed E-state index contributed by atoms with van der Waals surface area (Å²) in [4.78, 5) is 23.8. The molecule has 1 heterocycles. The molecule has 1 unspecified atom stereocenters. The SMILES string of the molecule is NC(=O)CC(N)C(=O)N1CCN(S(N)(=O)=O)CC1. The molecule has 104 valence electrons. The maximum Gasteiger partial charge on any atom is 0.277 e. The molecule has 0 radical (unpaired) electrons. The molecule has 2 amide bonds. The van der Waals surface area contributed by atoms with Gasteiger partial charge in [-0.3, -0.25) is 9.59 Å². The van der Waals surface area contributed by atoms with Crippen LogP contribution in [-0.2, 0) is 19.8 Å². The molecule has 18 heavy (non-hydrogen) atoms. The van der Waals surface area contributed by atoms with Gasteiger partial charge in [-0.25, -0.2) is 5.14 Å². The number of carbonyl (C=O) groups excluding carboxylic acids is 2. The number of nitrogens with two attached hydrogens (primary N) is 3. The van der Waals surface area contributed by atoms with Crippen LogP contribution in [0.1, 0.15) is 6.42 Å². The van der Waals surface area contributed by atoms with Crippen LogP contribution in [0.25, 0.3) is 0 Å². The van der Waals surface area contributed by atoms with E-state index < -0.39 is 28.1 Å². The quantitative estimate of drug-likeness (QED) is 0.488. The molecule has 1 fully saturated rings. The monoisotopic (exact) mass is 279 g/mol. The van der Waals surface area contributed by atoms with Crippen molar-refractivity contribution in [3.05, 3.63) is 0 Å². The Morgan fingerprint density at radius 3 is 2.06 bits per heavy atom. The number of carbonyl (C=O) groups is 2. The minimum atomic E-state index is -3.72. The lowest BCUT2D eigenvalue weighted by Crippen LogP contribution is -2.55. The van der Waals surface area contributed by atoms with Crippen LogP contribution in [0.5, 0.6) is 0 Å². The third kappa shape index (κ3) is 3.91. The van der Waals surface area contributed by atoms with Gasteiger partial charge in [-0.15, -0.1) is 0 Å². The summed E-state index contributed by atoms with van der Waals surface area (Å²) in [6.07, 6.45) is -0.228. The first-order valence-electron chi connectivity index (χ1n) is 5.32. The second-order valence-corrected chi connectivity index (χ2v) is 5.59. The van der Waals surface area contributed by atoms with Crippen molar-refractivity contribution < 1.29 is 18.0 Å². The predicted molar refractivity (Wildman–Crippen MR) is 63.0 cm³/mol. The molecule has 0 aliphatic carbocycles. The second kappa shape index (κ2) is 5.61. The standard InChI is InChI=1S/C8H17N5O4S/c9-6(5-7(10)14)8(15)12-1-3-13(4-2-12)18(11,16)17/h6H,1-5,9H2,(H2,10,14)(H2,11,16,17). The van der Waals surface area contributed by atoms with E-state index in [4.69, 9.17) is 16.6 Å². The number of primary amides is 1. The Kier molecular flexibility index (Phi) is 4.62. The molecule has 1 atom stereocenters. The minimum absolute atomic E-state index is 0.119. The number of piperazine rings is 1. The van der Waals surface area contributed by atoms with Crippen molar-refractivity contribution in [2.24, 2.45) is 16.6 Å². The fourth-order valence-corrected chi connectivity index (χ4v) is 2.37. The summed E-state index contributed by atoms with van der Waals surface area (Å²) in [6.45, 7) is 0.630. The van der Waals surface area contributed by atoms with Crippen molar-refractivity contribution in [3.8, 4) is 0 Å². The molecule has 10 heteroatoms. The number of amides is 2. The van der Waals surface area contributed by atoms with Crippen LogP contribution in [0.2, 0.25) is 0 Å². The second-order valence-electron chi connectivity index (χ2n) is 4.05. The first-order chi connectivity index (χ1) is 8.21. The van der Waals surface area contributed by atoms with Crippen LogP contribution in [0.3, 0.4) is 0 Å². The van der Waals surface area contributed by atoms with E-state index in [1.807, 2.05) is 0 Å². The molecule has 6 N–H and O–H groups in total. The summed E-state index contributed by atoms with van der Waals surface area (Å²) in [6, 6.07) is -0.983. The summed E-state index contributed by atoms with van der Waals surface area (Å²) < 4.78 is 23.2. The van der Waals surface area contributed by atoms with Crippen LogP contribution in [-0.4, -0.2) is 61.7 Å². The summed E-state index contributed by atoms with van der Waals surface area (Å²) >= 11 is 0. The molecule has 1 aliphatic rings. The van der Waals surface area contributed by atoms with Crippen LogP contribution < -0.4 is 16.6 Å². The van der Waals surface area contributed by atoms with Crippen molar-refractivity contribution in [1.29, 1.82) is 0 Å². The van der Waals surface area contributed by atoms with Crippen LogP contribution >= 0.6 is 0 Å². The lowest BCUT2D eigenvalue weighted by atomic mass is 10.1. The Morgan fingerprint density at radius 1 is 1.17 bits per heavy atom. The van der Waals surface area contributed by atoms with E-state index in [0.29, 0.717) is 0 Å². The number of hydrogen-bond acceptors (Lipinski definition) is 5. The molecule has 0 saturated carbocycles. The Labute approximate surface area is 105 Å². The molecular formula is C8H17N5O4S. The highest BCUT2D eigenvalue weighted by Crippen LogP contribution is 2.06. The average molecular weight is 279 g/mol. The number of rotatable bonds is 4. The first-order valence-corrected chi connectivity index (χ1v) is 6.82. The van der Waals surface area contributed by atoms with Gasteiger partial charge in [0.15, 0.2) is 0 Å². The lowest BCUT2D eigenvalue weighted by Gasteiger charge is -2.34. The predicted octanol–water partition coefficient (Wildman–Crippen LogP) is -3.46. The van der Waals surface area contributed by atoms with Crippen LogP contribution in [0.4, 0.5) is 0 Å². The number of nitrogens with zero attached hydrogens (tertiary/aromatic N) is 2. The van der Waals surface area contributed by atoms with Gasteiger partial charge in [0, 0.05) is 26.2 Å². The Morgan fingerprint density at radius 2 is 1.67 bits per heavy atom. The molecule has 0 bridgehead atoms. The first kappa shape index (κ1) is 14.8. The fraction of sp³-hybridized carbons (Fsp3) is 0.750. The molecule has 1 rings (SSSR count). The van der Waals surface area contributed by atoms with E-state index in [1.165, 1.54) is 4.90 Å². The van der Waals surface area contributed by atoms with Gasteiger partial charge < -0.3 is 16.4 Å². The Hall–Kier alpha value is -1.23. The van der Waals surface area contributed by atoms with E-state index in [1.54, 1.807) is 0 Å². The van der Waals surface area contributed by atoms with Gasteiger partial charge in [0.25, 0.3) is 10.2 Å². The van der Waals surface area contributed by atoms with E-state index in [2.05, 4.69) is 0 Å². The van der Waals surface area contributed by atoms with E-state index in [0.717, 1.165) is 4.31 Å². The summed E-state index contributed by atoms with van der Waals surface area (Å²) in [5.74, 6) is -1.07. The highest BCUT2D eigenvalue weighted by Gasteiger charge is 2.29. The van der Waals surface area contributed by atoms with Gasteiger partial charge in [0.05, 0.1) is 12.5 Å². The summed E-state index contributed by atoms with van der Waals surface area (Å²) in [5, 5.41) is 4.97. The van der Waals surface area contributed by atoms with Crippen molar-refractivity contribution in [3.63, 3.8) is 0 Å². The highest BCUT2D eigenvalue weighted by atomic mass is 32.2. The third-order valence-corrected chi connectivity index (χ3v) is 3.73. The van der Waals surface area contributed by atoms with Crippen molar-refractivity contribution >= 4 is 22.0 Å².